The molecule has 3 N–H and O–H groups in total. The van der Waals surface area contributed by atoms with Gasteiger partial charge in [0.15, 0.2) is 0 Å². The van der Waals surface area contributed by atoms with Crippen LogP contribution in [0.25, 0.3) is 12.2 Å². The third-order valence-corrected chi connectivity index (χ3v) is 4.06. The number of aliphatic hydroxyl groups is 2. The summed E-state index contributed by atoms with van der Waals surface area (Å²) in [6.45, 7) is 3.95. The molecule has 0 aliphatic carbocycles. The van der Waals surface area contributed by atoms with Crippen LogP contribution in [0.4, 0.5) is 11.4 Å². The summed E-state index contributed by atoms with van der Waals surface area (Å²) in [4.78, 5) is 11.0. The molecule has 0 aliphatic rings. The summed E-state index contributed by atoms with van der Waals surface area (Å²) in [5, 5.41) is 32.8. The van der Waals surface area contributed by atoms with E-state index in [1.54, 1.807) is 12.2 Å². The molecule has 0 saturated heterocycles. The second-order valence-electron chi connectivity index (χ2n) is 6.23. The summed E-state index contributed by atoms with van der Waals surface area (Å²) in [6, 6.07) is 9.35. The van der Waals surface area contributed by atoms with Crippen molar-refractivity contribution in [2.45, 2.75) is 20.4 Å². The van der Waals surface area contributed by atoms with Crippen molar-refractivity contribution < 1.29 is 15.1 Å². The Morgan fingerprint density at radius 1 is 1.04 bits per heavy atom. The highest BCUT2D eigenvalue weighted by atomic mass is 16.6. The van der Waals surface area contributed by atoms with Crippen LogP contribution in [0, 0.1) is 24.0 Å². The molecule has 0 fully saturated rings. The van der Waals surface area contributed by atoms with E-state index >= 15 is 0 Å². The summed E-state index contributed by atoms with van der Waals surface area (Å²) in [5.74, 6) is 0. The zero-order chi connectivity index (χ0) is 19.8. The molecule has 142 valence electrons. The minimum atomic E-state index is -0.407. The first-order valence-corrected chi connectivity index (χ1v) is 8.63. The number of nitro groups is 1. The van der Waals surface area contributed by atoms with Gasteiger partial charge in [0, 0.05) is 18.3 Å². The molecule has 0 heterocycles. The van der Waals surface area contributed by atoms with E-state index in [0.29, 0.717) is 12.1 Å². The number of nitrogens with zero attached hydrogens (tertiary/aromatic N) is 1. The first kappa shape index (κ1) is 20.4. The van der Waals surface area contributed by atoms with Crippen LogP contribution >= 0.6 is 0 Å². The largest absolute Gasteiger partial charge is 0.392 e. The summed E-state index contributed by atoms with van der Waals surface area (Å²) >= 11 is 0. The maximum Gasteiger partial charge on any atom is 0.277 e. The Hall–Kier alpha value is -2.96. The van der Waals surface area contributed by atoms with Gasteiger partial charge >= 0.3 is 0 Å². The van der Waals surface area contributed by atoms with E-state index in [0.717, 1.165) is 27.9 Å². The number of aryl methyl sites for hydroxylation is 2. The van der Waals surface area contributed by atoms with E-state index in [1.807, 2.05) is 44.2 Å². The Bertz CT molecular complexity index is 873. The predicted octanol–water partition coefficient (Wildman–Crippen LogP) is 3.83. The van der Waals surface area contributed by atoms with Crippen molar-refractivity contribution in [3.63, 3.8) is 0 Å². The van der Waals surface area contributed by atoms with E-state index in [-0.39, 0.29) is 18.9 Å². The van der Waals surface area contributed by atoms with Crippen molar-refractivity contribution in [2.75, 3.05) is 18.5 Å². The fraction of sp³-hybridized carbons (Fsp3) is 0.238. The lowest BCUT2D eigenvalue weighted by atomic mass is 10.0. The van der Waals surface area contributed by atoms with Gasteiger partial charge in [-0.25, -0.2) is 0 Å². The lowest BCUT2D eigenvalue weighted by molar-refractivity contribution is -0.385. The molecule has 6 heteroatoms. The molecule has 2 rings (SSSR count). The standard InChI is InChI=1S/C21H24N2O4/c1-15-7-8-17(5-3-9-24)20(12-15)22-14-18-11-16(2)13-21(23(26)27)19(18)6-4-10-25/h3-8,11-13,22,24-25H,9-10,14H2,1-2H3/b5-3+,6-4+. The predicted molar refractivity (Wildman–Crippen MR) is 109 cm³/mol. The van der Waals surface area contributed by atoms with Gasteiger partial charge in [-0.3, -0.25) is 10.1 Å². The molecule has 0 spiro atoms. The fourth-order valence-corrected chi connectivity index (χ4v) is 2.85. The summed E-state index contributed by atoms with van der Waals surface area (Å²) in [6.07, 6.45) is 6.55. The van der Waals surface area contributed by atoms with Gasteiger partial charge in [0.05, 0.1) is 23.7 Å². The minimum absolute atomic E-state index is 0.0149. The molecule has 0 atom stereocenters. The van der Waals surface area contributed by atoms with Crippen molar-refractivity contribution in [1.82, 2.24) is 0 Å². The van der Waals surface area contributed by atoms with Crippen LogP contribution < -0.4 is 5.32 Å². The molecule has 0 unspecified atom stereocenters. The average Bonchev–Trinajstić information content (AvgIpc) is 2.64. The van der Waals surface area contributed by atoms with Gasteiger partial charge in [-0.2, -0.15) is 0 Å². The topological polar surface area (TPSA) is 95.6 Å². The maximum absolute atomic E-state index is 11.4. The molecule has 0 bridgehead atoms. The Morgan fingerprint density at radius 2 is 1.74 bits per heavy atom. The highest BCUT2D eigenvalue weighted by Gasteiger charge is 2.17. The van der Waals surface area contributed by atoms with Crippen molar-refractivity contribution in [1.29, 1.82) is 0 Å². The fourth-order valence-electron chi connectivity index (χ4n) is 2.85. The number of hydrogen-bond acceptors (Lipinski definition) is 5. The number of benzene rings is 2. The molecule has 0 saturated carbocycles. The number of nitro benzene ring substituents is 1. The molecule has 2 aromatic carbocycles. The van der Waals surface area contributed by atoms with Crippen LogP contribution in [-0.2, 0) is 6.54 Å². The van der Waals surface area contributed by atoms with Crippen molar-refractivity contribution in [2.24, 2.45) is 0 Å². The van der Waals surface area contributed by atoms with E-state index in [9.17, 15) is 10.1 Å². The molecule has 0 aliphatic heterocycles. The van der Waals surface area contributed by atoms with Gasteiger partial charge in [-0.1, -0.05) is 36.4 Å². The van der Waals surface area contributed by atoms with E-state index in [4.69, 9.17) is 10.2 Å². The van der Waals surface area contributed by atoms with Crippen LogP contribution in [0.2, 0.25) is 0 Å². The van der Waals surface area contributed by atoms with Gasteiger partial charge in [-0.05, 0) is 48.2 Å². The SMILES string of the molecule is Cc1ccc(/C=C/CO)c(NCc2cc(C)cc([N+](=O)[O-])c2/C=C/CO)c1. The number of nitrogens with one attached hydrogen (secondary N) is 1. The number of hydrogen-bond donors (Lipinski definition) is 3. The van der Waals surface area contributed by atoms with Gasteiger partial charge < -0.3 is 15.5 Å². The van der Waals surface area contributed by atoms with E-state index in [2.05, 4.69) is 5.32 Å². The number of anilines is 1. The van der Waals surface area contributed by atoms with Crippen LogP contribution in [0.3, 0.4) is 0 Å². The monoisotopic (exact) mass is 368 g/mol. The summed E-state index contributed by atoms with van der Waals surface area (Å²) < 4.78 is 0. The minimum Gasteiger partial charge on any atom is -0.392 e. The number of aliphatic hydroxyl groups excluding tert-OH is 2. The third kappa shape index (κ3) is 5.51. The highest BCUT2D eigenvalue weighted by molar-refractivity contribution is 5.69. The molecule has 0 radical (unpaired) electrons. The second-order valence-corrected chi connectivity index (χ2v) is 6.23. The first-order chi connectivity index (χ1) is 13.0. The van der Waals surface area contributed by atoms with Gasteiger partial charge in [0.2, 0.25) is 0 Å². The molecule has 2 aromatic rings. The second kappa shape index (κ2) is 9.66. The zero-order valence-corrected chi connectivity index (χ0v) is 15.5. The van der Waals surface area contributed by atoms with Gasteiger partial charge in [0.25, 0.3) is 5.69 Å². The van der Waals surface area contributed by atoms with Crippen molar-refractivity contribution >= 4 is 23.5 Å². The molecule has 0 amide bonds. The molecular formula is C21H24N2O4. The van der Waals surface area contributed by atoms with Crippen LogP contribution in [0.1, 0.15) is 27.8 Å². The van der Waals surface area contributed by atoms with Gasteiger partial charge in [-0.15, -0.1) is 0 Å². The van der Waals surface area contributed by atoms with Crippen LogP contribution in [0.5, 0.6) is 0 Å². The third-order valence-electron chi connectivity index (χ3n) is 4.06. The Labute approximate surface area is 158 Å². The summed E-state index contributed by atoms with van der Waals surface area (Å²) in [7, 11) is 0. The summed E-state index contributed by atoms with van der Waals surface area (Å²) in [5.41, 5.74) is 4.93. The molecule has 0 aromatic heterocycles. The average molecular weight is 368 g/mol. The number of rotatable bonds is 8. The Balaban J connectivity index is 2.40. The molecular weight excluding hydrogens is 344 g/mol. The van der Waals surface area contributed by atoms with E-state index < -0.39 is 4.92 Å². The Morgan fingerprint density at radius 3 is 2.41 bits per heavy atom. The Kier molecular flexibility index (Phi) is 7.28. The zero-order valence-electron chi connectivity index (χ0n) is 15.5. The quantitative estimate of drug-likeness (QED) is 0.486. The van der Waals surface area contributed by atoms with E-state index in [1.165, 1.54) is 12.1 Å². The first-order valence-electron chi connectivity index (χ1n) is 8.63. The van der Waals surface area contributed by atoms with Crippen LogP contribution in [-0.4, -0.2) is 28.4 Å². The van der Waals surface area contributed by atoms with Crippen LogP contribution in [0.15, 0.2) is 42.5 Å². The molecule has 6 nitrogen and oxygen atoms in total. The smallest absolute Gasteiger partial charge is 0.277 e. The lowest BCUT2D eigenvalue weighted by Crippen LogP contribution is -2.06. The van der Waals surface area contributed by atoms with Crippen molar-refractivity contribution in [3.8, 4) is 0 Å². The maximum atomic E-state index is 11.4. The molecule has 27 heavy (non-hydrogen) atoms. The normalized spacial score (nSPS) is 11.4. The highest BCUT2D eigenvalue weighted by Crippen LogP contribution is 2.28. The van der Waals surface area contributed by atoms with Crippen molar-refractivity contribution in [3.05, 3.63) is 80.4 Å². The lowest BCUT2D eigenvalue weighted by Gasteiger charge is -2.14. The van der Waals surface area contributed by atoms with Gasteiger partial charge in [0.1, 0.15) is 0 Å².